The third-order valence-electron chi connectivity index (χ3n) is 2.47. The molecule has 0 heterocycles. The second kappa shape index (κ2) is 3.66. The summed E-state index contributed by atoms with van der Waals surface area (Å²) in [6.45, 7) is 0. The van der Waals surface area contributed by atoms with Gasteiger partial charge in [0.15, 0.2) is 0 Å². The second-order valence-electron chi connectivity index (χ2n) is 3.23. The zero-order valence-electron chi connectivity index (χ0n) is 7.46. The Morgan fingerprint density at radius 3 is 2.58 bits per heavy atom. The quantitative estimate of drug-likeness (QED) is 0.671. The van der Waals surface area contributed by atoms with E-state index in [1.807, 2.05) is 6.26 Å². The number of thioether (sulfide) groups is 1. The van der Waals surface area contributed by atoms with Crippen molar-refractivity contribution < 1.29 is 9.90 Å². The van der Waals surface area contributed by atoms with Gasteiger partial charge in [0.25, 0.3) is 0 Å². The van der Waals surface area contributed by atoms with Crippen molar-refractivity contribution in [1.29, 1.82) is 0 Å². The molecular weight excluding hydrogens is 174 g/mol. The monoisotopic (exact) mass is 189 g/mol. The summed E-state index contributed by atoms with van der Waals surface area (Å²) in [7, 11) is 1.74. The van der Waals surface area contributed by atoms with Gasteiger partial charge >= 0.3 is 5.97 Å². The maximum absolute atomic E-state index is 11.0. The molecule has 0 amide bonds. The van der Waals surface area contributed by atoms with E-state index in [4.69, 9.17) is 5.11 Å². The third-order valence-corrected chi connectivity index (χ3v) is 3.22. The molecule has 2 N–H and O–H groups in total. The van der Waals surface area contributed by atoms with Crippen LogP contribution in [-0.4, -0.2) is 35.7 Å². The number of carboxylic acids is 1. The summed E-state index contributed by atoms with van der Waals surface area (Å²) < 4.78 is 0. The molecule has 0 saturated heterocycles. The van der Waals surface area contributed by atoms with Crippen molar-refractivity contribution >= 4 is 17.7 Å². The van der Waals surface area contributed by atoms with Gasteiger partial charge in [0.05, 0.1) is 0 Å². The number of carboxylic acid groups (broad SMARTS) is 1. The lowest BCUT2D eigenvalue weighted by Gasteiger charge is -2.28. The first-order valence-electron chi connectivity index (χ1n) is 4.08. The summed E-state index contributed by atoms with van der Waals surface area (Å²) >= 11 is 1.59. The van der Waals surface area contributed by atoms with Gasteiger partial charge < -0.3 is 10.4 Å². The molecule has 1 aliphatic carbocycles. The van der Waals surface area contributed by atoms with Gasteiger partial charge in [-0.3, -0.25) is 4.79 Å². The lowest BCUT2D eigenvalue weighted by atomic mass is 9.96. The molecule has 1 aliphatic rings. The highest BCUT2D eigenvalue weighted by Crippen LogP contribution is 2.41. The van der Waals surface area contributed by atoms with Gasteiger partial charge in [-0.1, -0.05) is 0 Å². The summed E-state index contributed by atoms with van der Waals surface area (Å²) in [5, 5.41) is 12.0. The zero-order chi connectivity index (χ0) is 9.19. The van der Waals surface area contributed by atoms with Crippen LogP contribution in [0.5, 0.6) is 0 Å². The normalized spacial score (nSPS) is 21.8. The van der Waals surface area contributed by atoms with Crippen molar-refractivity contribution in [2.75, 3.05) is 19.1 Å². The molecule has 1 atom stereocenters. The van der Waals surface area contributed by atoms with Gasteiger partial charge in [-0.2, -0.15) is 11.8 Å². The maximum atomic E-state index is 11.0. The molecule has 1 fully saturated rings. The molecule has 1 unspecified atom stereocenters. The number of hydrogen-bond donors (Lipinski definition) is 2. The first kappa shape index (κ1) is 9.86. The van der Waals surface area contributed by atoms with Gasteiger partial charge in [0, 0.05) is 5.75 Å². The molecule has 1 saturated carbocycles. The minimum absolute atomic E-state index is 0.340. The zero-order valence-corrected chi connectivity index (χ0v) is 8.28. The molecule has 70 valence electrons. The molecule has 0 radical (unpaired) electrons. The number of carbonyl (C=O) groups is 1. The fourth-order valence-corrected chi connectivity index (χ4v) is 2.50. The minimum atomic E-state index is -0.707. The van der Waals surface area contributed by atoms with Gasteiger partial charge in [0.2, 0.25) is 0 Å². The summed E-state index contributed by atoms with van der Waals surface area (Å²) in [6.07, 6.45) is 4.04. The van der Waals surface area contributed by atoms with E-state index in [0.717, 1.165) is 12.8 Å². The van der Waals surface area contributed by atoms with Crippen LogP contribution >= 0.6 is 11.8 Å². The first-order chi connectivity index (χ1) is 5.67. The van der Waals surface area contributed by atoms with Gasteiger partial charge in [-0.05, 0) is 32.1 Å². The minimum Gasteiger partial charge on any atom is -0.480 e. The maximum Gasteiger partial charge on any atom is 0.325 e. The van der Waals surface area contributed by atoms with Gasteiger partial charge in [-0.25, -0.2) is 0 Å². The van der Waals surface area contributed by atoms with E-state index in [1.54, 1.807) is 18.8 Å². The van der Waals surface area contributed by atoms with Crippen LogP contribution < -0.4 is 5.32 Å². The number of nitrogens with one attached hydrogen (secondary N) is 1. The third kappa shape index (κ3) is 1.59. The van der Waals surface area contributed by atoms with E-state index in [0.29, 0.717) is 11.7 Å². The molecule has 0 aromatic carbocycles. The van der Waals surface area contributed by atoms with Crippen LogP contribution in [0, 0.1) is 5.92 Å². The van der Waals surface area contributed by atoms with E-state index in [2.05, 4.69) is 5.32 Å². The average molecular weight is 189 g/mol. The first-order valence-corrected chi connectivity index (χ1v) is 5.48. The Morgan fingerprint density at radius 1 is 1.75 bits per heavy atom. The smallest absolute Gasteiger partial charge is 0.325 e. The SMILES string of the molecule is CNC(CSC)(C(=O)O)C1CC1. The van der Waals surface area contributed by atoms with Crippen molar-refractivity contribution in [2.45, 2.75) is 18.4 Å². The molecule has 0 spiro atoms. The second-order valence-corrected chi connectivity index (χ2v) is 4.10. The number of rotatable bonds is 5. The molecule has 12 heavy (non-hydrogen) atoms. The Hall–Kier alpha value is -0.220. The van der Waals surface area contributed by atoms with Crippen LogP contribution in [0.3, 0.4) is 0 Å². The Kier molecular flexibility index (Phi) is 3.01. The van der Waals surface area contributed by atoms with Crippen LogP contribution in [0.25, 0.3) is 0 Å². The topological polar surface area (TPSA) is 49.3 Å². The van der Waals surface area contributed by atoms with Crippen molar-refractivity contribution in [3.8, 4) is 0 Å². The number of hydrogen-bond acceptors (Lipinski definition) is 3. The van der Waals surface area contributed by atoms with E-state index >= 15 is 0 Å². The standard InChI is InChI=1S/C8H15NO2S/c1-9-8(5-12-2,7(10)11)6-3-4-6/h6,9H,3-5H2,1-2H3,(H,10,11). The van der Waals surface area contributed by atoms with Crippen LogP contribution in [0.4, 0.5) is 0 Å². The number of aliphatic carboxylic acids is 1. The fraction of sp³-hybridized carbons (Fsp3) is 0.875. The highest BCUT2D eigenvalue weighted by atomic mass is 32.2. The van der Waals surface area contributed by atoms with Crippen LogP contribution in [-0.2, 0) is 4.79 Å². The van der Waals surface area contributed by atoms with Crippen LogP contribution in [0.15, 0.2) is 0 Å². The largest absolute Gasteiger partial charge is 0.480 e. The van der Waals surface area contributed by atoms with E-state index in [-0.39, 0.29) is 0 Å². The molecular formula is C8H15NO2S. The molecule has 0 bridgehead atoms. The van der Waals surface area contributed by atoms with Crippen molar-refractivity contribution in [2.24, 2.45) is 5.92 Å². The van der Waals surface area contributed by atoms with E-state index in [9.17, 15) is 4.79 Å². The Labute approximate surface area is 76.9 Å². The predicted molar refractivity (Wildman–Crippen MR) is 50.5 cm³/mol. The van der Waals surface area contributed by atoms with Gasteiger partial charge in [-0.15, -0.1) is 0 Å². The van der Waals surface area contributed by atoms with Gasteiger partial charge in [0.1, 0.15) is 5.54 Å². The lowest BCUT2D eigenvalue weighted by Crippen LogP contribution is -2.54. The van der Waals surface area contributed by atoms with E-state index in [1.165, 1.54) is 0 Å². The van der Waals surface area contributed by atoms with Crippen molar-refractivity contribution in [3.05, 3.63) is 0 Å². The highest BCUT2D eigenvalue weighted by molar-refractivity contribution is 7.98. The van der Waals surface area contributed by atoms with E-state index < -0.39 is 11.5 Å². The summed E-state index contributed by atoms with van der Waals surface area (Å²) in [4.78, 5) is 11.0. The van der Waals surface area contributed by atoms with Crippen LogP contribution in [0.2, 0.25) is 0 Å². The van der Waals surface area contributed by atoms with Crippen molar-refractivity contribution in [3.63, 3.8) is 0 Å². The summed E-state index contributed by atoms with van der Waals surface area (Å²) in [5.41, 5.74) is -0.667. The van der Waals surface area contributed by atoms with Crippen molar-refractivity contribution in [1.82, 2.24) is 5.32 Å². The fourth-order valence-electron chi connectivity index (χ4n) is 1.54. The lowest BCUT2D eigenvalue weighted by molar-refractivity contribution is -0.144. The molecule has 0 aromatic heterocycles. The molecule has 3 nitrogen and oxygen atoms in total. The average Bonchev–Trinajstić information content (AvgIpc) is 2.82. The Morgan fingerprint density at radius 2 is 2.33 bits per heavy atom. The van der Waals surface area contributed by atoms with Crippen LogP contribution in [0.1, 0.15) is 12.8 Å². The molecule has 0 aromatic rings. The Bertz CT molecular complexity index is 182. The predicted octanol–water partition coefficient (Wildman–Crippen LogP) is 0.802. The molecule has 4 heteroatoms. The molecule has 1 rings (SSSR count). The summed E-state index contributed by atoms with van der Waals surface area (Å²) in [5.74, 6) is 0.290. The Balaban J connectivity index is 2.71. The highest BCUT2D eigenvalue weighted by Gasteiger charge is 2.49. The molecule has 0 aliphatic heterocycles. The summed E-state index contributed by atoms with van der Waals surface area (Å²) in [6, 6.07) is 0. The number of likely N-dealkylation sites (N-methyl/N-ethyl adjacent to an activating group) is 1.